The number of hydrogen-bond donors (Lipinski definition) is 2. The zero-order valence-corrected chi connectivity index (χ0v) is 11.9. The van der Waals surface area contributed by atoms with Gasteiger partial charge in [-0.1, -0.05) is 26.7 Å². The number of amides is 1. The lowest BCUT2D eigenvalue weighted by atomic mass is 9.76. The molecule has 2 unspecified atom stereocenters. The van der Waals surface area contributed by atoms with Gasteiger partial charge in [0, 0.05) is 6.42 Å². The van der Waals surface area contributed by atoms with E-state index in [4.69, 9.17) is 4.42 Å². The summed E-state index contributed by atoms with van der Waals surface area (Å²) in [5.74, 6) is -0.409. The number of carbonyl (C=O) groups is 2. The summed E-state index contributed by atoms with van der Waals surface area (Å²) in [5, 5.41) is 12.3. The summed E-state index contributed by atoms with van der Waals surface area (Å²) in [6.45, 7) is 3.92. The van der Waals surface area contributed by atoms with Gasteiger partial charge in [-0.2, -0.15) is 0 Å². The van der Waals surface area contributed by atoms with E-state index in [1.165, 1.54) is 6.26 Å². The molecular weight excluding hydrogens is 258 g/mol. The highest BCUT2D eigenvalue weighted by Crippen LogP contribution is 2.33. The van der Waals surface area contributed by atoms with Gasteiger partial charge < -0.3 is 14.8 Å². The van der Waals surface area contributed by atoms with E-state index >= 15 is 0 Å². The summed E-state index contributed by atoms with van der Waals surface area (Å²) in [7, 11) is 0. The van der Waals surface area contributed by atoms with Crippen molar-refractivity contribution in [1.82, 2.24) is 5.32 Å². The number of furan rings is 1. The van der Waals surface area contributed by atoms with Crippen LogP contribution in [0.15, 0.2) is 16.7 Å². The van der Waals surface area contributed by atoms with Crippen LogP contribution in [0.3, 0.4) is 0 Å². The van der Waals surface area contributed by atoms with E-state index in [1.807, 2.05) is 13.8 Å². The molecule has 0 spiro atoms. The fraction of sp³-hybridized carbons (Fsp3) is 0.600. The third-order valence-electron chi connectivity index (χ3n) is 4.07. The van der Waals surface area contributed by atoms with Crippen LogP contribution in [0, 0.1) is 5.92 Å². The van der Waals surface area contributed by atoms with Crippen LogP contribution in [0.4, 0.5) is 0 Å². The Kier molecular flexibility index (Phi) is 4.16. The molecule has 1 aliphatic rings. The number of aliphatic carboxylic acids is 1. The van der Waals surface area contributed by atoms with Crippen molar-refractivity contribution in [2.24, 2.45) is 5.92 Å². The molecule has 1 amide bonds. The van der Waals surface area contributed by atoms with Gasteiger partial charge in [-0.25, -0.2) is 4.79 Å². The summed E-state index contributed by atoms with van der Waals surface area (Å²) in [6, 6.07) is 1.59. The molecule has 1 aromatic rings. The molecule has 0 aliphatic heterocycles. The molecule has 1 fully saturated rings. The van der Waals surface area contributed by atoms with Crippen LogP contribution in [0.5, 0.6) is 0 Å². The summed E-state index contributed by atoms with van der Waals surface area (Å²) in [6.07, 6.45) is 4.86. The maximum atomic E-state index is 12.3. The van der Waals surface area contributed by atoms with Gasteiger partial charge in [-0.05, 0) is 24.8 Å². The predicted octanol–water partition coefficient (Wildman–Crippen LogP) is 2.61. The number of nitrogens with one attached hydrogen (secondary N) is 1. The van der Waals surface area contributed by atoms with Crippen molar-refractivity contribution in [1.29, 1.82) is 0 Å². The number of carboxylic acid groups (broad SMARTS) is 1. The average molecular weight is 279 g/mol. The normalized spacial score (nSPS) is 26.2. The van der Waals surface area contributed by atoms with Gasteiger partial charge in [0.05, 0.1) is 11.8 Å². The molecule has 2 rings (SSSR count). The van der Waals surface area contributed by atoms with Crippen molar-refractivity contribution < 1.29 is 19.1 Å². The SMILES string of the molecule is CCc1occc1C(=O)NC1(C(=O)O)CCCC(C)C1. The van der Waals surface area contributed by atoms with Gasteiger partial charge in [0.2, 0.25) is 0 Å². The van der Waals surface area contributed by atoms with Crippen LogP contribution < -0.4 is 5.32 Å². The number of rotatable bonds is 4. The second-order valence-electron chi connectivity index (χ2n) is 5.65. The maximum Gasteiger partial charge on any atom is 0.329 e. The van der Waals surface area contributed by atoms with Gasteiger partial charge in [0.25, 0.3) is 5.91 Å². The van der Waals surface area contributed by atoms with Crippen LogP contribution in [0.25, 0.3) is 0 Å². The highest BCUT2D eigenvalue weighted by atomic mass is 16.4. The van der Waals surface area contributed by atoms with E-state index in [-0.39, 0.29) is 5.91 Å². The van der Waals surface area contributed by atoms with Crippen molar-refractivity contribution in [3.05, 3.63) is 23.7 Å². The lowest BCUT2D eigenvalue weighted by molar-refractivity contribution is -0.146. The molecule has 0 radical (unpaired) electrons. The predicted molar refractivity (Wildman–Crippen MR) is 73.6 cm³/mol. The molecule has 2 atom stereocenters. The molecule has 0 bridgehead atoms. The smallest absolute Gasteiger partial charge is 0.329 e. The summed E-state index contributed by atoms with van der Waals surface area (Å²) >= 11 is 0. The van der Waals surface area contributed by atoms with Gasteiger partial charge in [0.1, 0.15) is 11.3 Å². The third kappa shape index (κ3) is 2.71. The van der Waals surface area contributed by atoms with Crippen molar-refractivity contribution in [2.45, 2.75) is 51.5 Å². The van der Waals surface area contributed by atoms with Crippen molar-refractivity contribution in [2.75, 3.05) is 0 Å². The Balaban J connectivity index is 2.20. The highest BCUT2D eigenvalue weighted by Gasteiger charge is 2.43. The monoisotopic (exact) mass is 279 g/mol. The number of aryl methyl sites for hydroxylation is 1. The quantitative estimate of drug-likeness (QED) is 0.887. The minimum atomic E-state index is -1.14. The summed E-state index contributed by atoms with van der Waals surface area (Å²) < 4.78 is 5.23. The van der Waals surface area contributed by atoms with E-state index in [0.29, 0.717) is 36.5 Å². The molecule has 1 heterocycles. The molecule has 5 nitrogen and oxygen atoms in total. The maximum absolute atomic E-state index is 12.3. The van der Waals surface area contributed by atoms with Gasteiger partial charge in [0.15, 0.2) is 0 Å². The van der Waals surface area contributed by atoms with Crippen LogP contribution in [-0.4, -0.2) is 22.5 Å². The topological polar surface area (TPSA) is 79.5 Å². The van der Waals surface area contributed by atoms with Crippen molar-refractivity contribution in [3.63, 3.8) is 0 Å². The van der Waals surface area contributed by atoms with Crippen LogP contribution in [0.2, 0.25) is 0 Å². The lowest BCUT2D eigenvalue weighted by Gasteiger charge is -2.37. The number of carboxylic acids is 1. The van der Waals surface area contributed by atoms with Crippen molar-refractivity contribution >= 4 is 11.9 Å². The Morgan fingerprint density at radius 2 is 2.30 bits per heavy atom. The second-order valence-corrected chi connectivity index (χ2v) is 5.65. The minimum Gasteiger partial charge on any atom is -0.480 e. The molecule has 5 heteroatoms. The molecule has 110 valence electrons. The first-order valence-corrected chi connectivity index (χ1v) is 7.11. The molecule has 20 heavy (non-hydrogen) atoms. The fourth-order valence-corrected chi connectivity index (χ4v) is 3.01. The van der Waals surface area contributed by atoms with E-state index in [1.54, 1.807) is 6.07 Å². The molecule has 0 saturated heterocycles. The van der Waals surface area contributed by atoms with Gasteiger partial charge in [-0.15, -0.1) is 0 Å². The first-order valence-electron chi connectivity index (χ1n) is 7.11. The molecule has 1 aliphatic carbocycles. The van der Waals surface area contributed by atoms with Crippen molar-refractivity contribution in [3.8, 4) is 0 Å². The Hall–Kier alpha value is -1.78. The van der Waals surface area contributed by atoms with Crippen LogP contribution >= 0.6 is 0 Å². The van der Waals surface area contributed by atoms with E-state index < -0.39 is 11.5 Å². The second kappa shape index (κ2) is 5.69. The Morgan fingerprint density at radius 1 is 1.55 bits per heavy atom. The summed E-state index contributed by atoms with van der Waals surface area (Å²) in [5.41, 5.74) is -0.705. The molecule has 0 aromatic carbocycles. The molecule has 1 saturated carbocycles. The summed E-state index contributed by atoms with van der Waals surface area (Å²) in [4.78, 5) is 24.0. The Bertz CT molecular complexity index is 508. The Labute approximate surface area is 118 Å². The minimum absolute atomic E-state index is 0.301. The first-order chi connectivity index (χ1) is 9.48. The Morgan fingerprint density at radius 3 is 2.90 bits per heavy atom. The van der Waals surface area contributed by atoms with E-state index in [9.17, 15) is 14.7 Å². The first kappa shape index (κ1) is 14.6. The zero-order valence-electron chi connectivity index (χ0n) is 11.9. The van der Waals surface area contributed by atoms with Gasteiger partial charge in [-0.3, -0.25) is 4.79 Å². The van der Waals surface area contributed by atoms with Gasteiger partial charge >= 0.3 is 5.97 Å². The molecule has 2 N–H and O–H groups in total. The highest BCUT2D eigenvalue weighted by molar-refractivity contribution is 5.98. The molecule has 1 aromatic heterocycles. The van der Waals surface area contributed by atoms with E-state index in [0.717, 1.165) is 12.8 Å². The number of carbonyl (C=O) groups excluding carboxylic acids is 1. The average Bonchev–Trinajstić information content (AvgIpc) is 2.86. The number of hydrogen-bond acceptors (Lipinski definition) is 3. The van der Waals surface area contributed by atoms with E-state index in [2.05, 4.69) is 5.32 Å². The standard InChI is InChI=1S/C15H21NO4/c1-3-12-11(6-8-20-12)13(17)16-15(14(18)19)7-4-5-10(2)9-15/h6,8,10H,3-5,7,9H2,1-2H3,(H,16,17)(H,18,19). The van der Waals surface area contributed by atoms with Crippen LogP contribution in [-0.2, 0) is 11.2 Å². The third-order valence-corrected chi connectivity index (χ3v) is 4.07. The fourth-order valence-electron chi connectivity index (χ4n) is 3.01. The lowest BCUT2D eigenvalue weighted by Crippen LogP contribution is -2.56. The molecular formula is C15H21NO4. The van der Waals surface area contributed by atoms with Crippen LogP contribution in [0.1, 0.15) is 55.6 Å². The largest absolute Gasteiger partial charge is 0.480 e. The zero-order chi connectivity index (χ0) is 14.8.